The van der Waals surface area contributed by atoms with Crippen molar-refractivity contribution in [3.05, 3.63) is 71.8 Å². The first kappa shape index (κ1) is 19.4. The third-order valence-corrected chi connectivity index (χ3v) is 3.89. The van der Waals surface area contributed by atoms with Gasteiger partial charge in [-0.25, -0.2) is 5.43 Å². The fraction of sp³-hybridized carbons (Fsp3) is 0.286. The first-order valence-electron chi connectivity index (χ1n) is 8.73. The summed E-state index contributed by atoms with van der Waals surface area (Å²) in [4.78, 5) is 24.9. The Morgan fingerprint density at radius 2 is 1.46 bits per heavy atom. The van der Waals surface area contributed by atoms with Crippen LogP contribution in [0.25, 0.3) is 0 Å². The highest BCUT2D eigenvalue weighted by molar-refractivity contribution is 6.00. The zero-order valence-corrected chi connectivity index (χ0v) is 15.4. The molecule has 0 aliphatic carbocycles. The molecule has 0 fully saturated rings. The number of hydrogen-bond donors (Lipinski definition) is 2. The van der Waals surface area contributed by atoms with E-state index in [2.05, 4.69) is 15.8 Å². The average molecular weight is 351 g/mol. The van der Waals surface area contributed by atoms with Crippen LogP contribution in [0.1, 0.15) is 43.1 Å². The fourth-order valence-electron chi connectivity index (χ4n) is 2.49. The summed E-state index contributed by atoms with van der Waals surface area (Å²) in [6.07, 6.45) is 0.532. The summed E-state index contributed by atoms with van der Waals surface area (Å²) in [7, 11) is 0. The molecule has 0 heterocycles. The SMILES string of the molecule is C/C(=N/NC(=O)C(CC(C)C)NC(=O)c1ccccc1)c1ccccc1. The van der Waals surface area contributed by atoms with Crippen LogP contribution >= 0.6 is 0 Å². The molecular formula is C21H25N3O2. The van der Waals surface area contributed by atoms with Gasteiger partial charge in [-0.3, -0.25) is 9.59 Å². The Morgan fingerprint density at radius 1 is 0.923 bits per heavy atom. The van der Waals surface area contributed by atoms with Gasteiger partial charge >= 0.3 is 0 Å². The highest BCUT2D eigenvalue weighted by Gasteiger charge is 2.22. The topological polar surface area (TPSA) is 70.6 Å². The number of nitrogens with one attached hydrogen (secondary N) is 2. The monoisotopic (exact) mass is 351 g/mol. The van der Waals surface area contributed by atoms with E-state index in [0.717, 1.165) is 5.56 Å². The van der Waals surface area contributed by atoms with Crippen LogP contribution in [0.3, 0.4) is 0 Å². The van der Waals surface area contributed by atoms with E-state index < -0.39 is 6.04 Å². The van der Waals surface area contributed by atoms with Crippen molar-refractivity contribution in [2.45, 2.75) is 33.2 Å². The highest BCUT2D eigenvalue weighted by Crippen LogP contribution is 2.07. The van der Waals surface area contributed by atoms with Crippen molar-refractivity contribution >= 4 is 17.5 Å². The summed E-state index contributed by atoms with van der Waals surface area (Å²) in [5, 5.41) is 6.98. The summed E-state index contributed by atoms with van der Waals surface area (Å²) in [5.74, 6) is -0.338. The molecule has 0 saturated heterocycles. The quantitative estimate of drug-likeness (QED) is 0.593. The standard InChI is InChI=1S/C21H25N3O2/c1-15(2)14-19(22-20(25)18-12-8-5-9-13-18)21(26)24-23-16(3)17-10-6-4-7-11-17/h4-13,15,19H,14H2,1-3H3,(H,22,25)(H,24,26)/b23-16-. The molecular weight excluding hydrogens is 326 g/mol. The molecule has 5 heteroatoms. The lowest BCUT2D eigenvalue weighted by atomic mass is 10.0. The predicted molar refractivity (Wildman–Crippen MR) is 104 cm³/mol. The third-order valence-electron chi connectivity index (χ3n) is 3.89. The Kier molecular flexibility index (Phi) is 7.09. The van der Waals surface area contributed by atoms with Crippen LogP contribution in [0.5, 0.6) is 0 Å². The summed E-state index contributed by atoms with van der Waals surface area (Å²) < 4.78 is 0. The Balaban J connectivity index is 2.05. The molecule has 0 aromatic heterocycles. The first-order valence-corrected chi connectivity index (χ1v) is 8.73. The fourth-order valence-corrected chi connectivity index (χ4v) is 2.49. The van der Waals surface area contributed by atoms with Crippen molar-refractivity contribution in [1.82, 2.24) is 10.7 Å². The largest absolute Gasteiger partial charge is 0.340 e. The van der Waals surface area contributed by atoms with Gasteiger partial charge in [0, 0.05) is 5.56 Å². The maximum atomic E-state index is 12.5. The van der Waals surface area contributed by atoms with Crippen molar-refractivity contribution < 1.29 is 9.59 Å². The van der Waals surface area contributed by atoms with Gasteiger partial charge in [0.25, 0.3) is 11.8 Å². The highest BCUT2D eigenvalue weighted by atomic mass is 16.2. The molecule has 2 aromatic carbocycles. The van der Waals surface area contributed by atoms with Crippen LogP contribution in [-0.4, -0.2) is 23.6 Å². The summed E-state index contributed by atoms with van der Waals surface area (Å²) in [6.45, 7) is 5.84. The minimum Gasteiger partial charge on any atom is -0.340 e. The van der Waals surface area contributed by atoms with Gasteiger partial charge in [-0.2, -0.15) is 5.10 Å². The number of nitrogens with zero attached hydrogens (tertiary/aromatic N) is 1. The first-order chi connectivity index (χ1) is 12.5. The van der Waals surface area contributed by atoms with E-state index in [1.165, 1.54) is 0 Å². The Morgan fingerprint density at radius 3 is 2.00 bits per heavy atom. The minimum atomic E-state index is -0.643. The van der Waals surface area contributed by atoms with E-state index in [1.54, 1.807) is 24.3 Å². The minimum absolute atomic E-state index is 0.251. The second kappa shape index (κ2) is 9.51. The van der Waals surface area contributed by atoms with Gasteiger partial charge in [-0.1, -0.05) is 62.4 Å². The van der Waals surface area contributed by atoms with E-state index in [0.29, 0.717) is 17.7 Å². The van der Waals surface area contributed by atoms with E-state index in [9.17, 15) is 9.59 Å². The Hall–Kier alpha value is -2.95. The van der Waals surface area contributed by atoms with Crippen molar-refractivity contribution in [2.24, 2.45) is 11.0 Å². The number of carbonyl (C=O) groups excluding carboxylic acids is 2. The van der Waals surface area contributed by atoms with Crippen LogP contribution in [-0.2, 0) is 4.79 Å². The molecule has 136 valence electrons. The van der Waals surface area contributed by atoms with Crippen LogP contribution in [0.2, 0.25) is 0 Å². The molecule has 26 heavy (non-hydrogen) atoms. The number of benzene rings is 2. The van der Waals surface area contributed by atoms with Crippen molar-refractivity contribution in [3.63, 3.8) is 0 Å². The van der Waals surface area contributed by atoms with Gasteiger partial charge in [0.2, 0.25) is 0 Å². The van der Waals surface area contributed by atoms with Gasteiger partial charge in [0.05, 0.1) is 5.71 Å². The molecule has 0 spiro atoms. The van der Waals surface area contributed by atoms with E-state index in [1.807, 2.05) is 57.2 Å². The predicted octanol–water partition coefficient (Wildman–Crippen LogP) is 3.37. The summed E-state index contributed by atoms with van der Waals surface area (Å²) in [5.41, 5.74) is 4.74. The van der Waals surface area contributed by atoms with Gasteiger partial charge in [-0.15, -0.1) is 0 Å². The third kappa shape index (κ3) is 5.84. The zero-order chi connectivity index (χ0) is 18.9. The smallest absolute Gasteiger partial charge is 0.262 e. The van der Waals surface area contributed by atoms with E-state index in [4.69, 9.17) is 0 Å². The maximum absolute atomic E-state index is 12.5. The van der Waals surface area contributed by atoms with Gasteiger partial charge in [0.15, 0.2) is 0 Å². The van der Waals surface area contributed by atoms with Gasteiger partial charge in [0.1, 0.15) is 6.04 Å². The molecule has 0 aliphatic heterocycles. The van der Waals surface area contributed by atoms with Crippen molar-refractivity contribution in [3.8, 4) is 0 Å². The number of rotatable bonds is 7. The molecule has 0 radical (unpaired) electrons. The molecule has 0 saturated carbocycles. The summed E-state index contributed by atoms with van der Waals surface area (Å²) in [6, 6.07) is 17.8. The Bertz CT molecular complexity index is 755. The lowest BCUT2D eigenvalue weighted by molar-refractivity contribution is -0.123. The maximum Gasteiger partial charge on any atom is 0.262 e. The number of hydrazone groups is 1. The van der Waals surface area contributed by atoms with E-state index in [-0.39, 0.29) is 17.7 Å². The van der Waals surface area contributed by atoms with Crippen LogP contribution in [0.15, 0.2) is 65.8 Å². The average Bonchev–Trinajstić information content (AvgIpc) is 2.66. The van der Waals surface area contributed by atoms with Crippen LogP contribution < -0.4 is 10.7 Å². The molecule has 5 nitrogen and oxygen atoms in total. The van der Waals surface area contributed by atoms with E-state index >= 15 is 0 Å². The lowest BCUT2D eigenvalue weighted by Gasteiger charge is -2.19. The Labute approximate surface area is 154 Å². The number of amides is 2. The molecule has 2 aromatic rings. The molecule has 2 amide bonds. The normalized spacial score (nSPS) is 12.5. The molecule has 2 N–H and O–H groups in total. The number of carbonyl (C=O) groups is 2. The van der Waals surface area contributed by atoms with Gasteiger partial charge < -0.3 is 5.32 Å². The lowest BCUT2D eigenvalue weighted by Crippen LogP contribution is -2.46. The molecule has 0 aliphatic rings. The molecule has 1 unspecified atom stereocenters. The van der Waals surface area contributed by atoms with Crippen LogP contribution in [0, 0.1) is 5.92 Å². The number of hydrogen-bond acceptors (Lipinski definition) is 3. The molecule has 1 atom stereocenters. The van der Waals surface area contributed by atoms with Crippen LogP contribution in [0.4, 0.5) is 0 Å². The summed E-state index contributed by atoms with van der Waals surface area (Å²) >= 11 is 0. The molecule has 0 bridgehead atoms. The second-order valence-electron chi connectivity index (χ2n) is 6.56. The zero-order valence-electron chi connectivity index (χ0n) is 15.4. The van der Waals surface area contributed by atoms with Gasteiger partial charge in [-0.05, 0) is 37.0 Å². The van der Waals surface area contributed by atoms with Crippen molar-refractivity contribution in [1.29, 1.82) is 0 Å². The second-order valence-corrected chi connectivity index (χ2v) is 6.56. The van der Waals surface area contributed by atoms with Crippen molar-refractivity contribution in [2.75, 3.05) is 0 Å². The molecule has 2 rings (SSSR count).